The highest BCUT2D eigenvalue weighted by atomic mass is 16.5. The predicted molar refractivity (Wildman–Crippen MR) is 97.7 cm³/mol. The van der Waals surface area contributed by atoms with Crippen LogP contribution in [0.3, 0.4) is 0 Å². The molecule has 0 saturated carbocycles. The molecule has 3 heterocycles. The second-order valence-electron chi connectivity index (χ2n) is 7.49. The van der Waals surface area contributed by atoms with Gasteiger partial charge in [-0.3, -0.25) is 9.59 Å². The number of nitrogens with one attached hydrogen (secondary N) is 1. The van der Waals surface area contributed by atoms with Crippen molar-refractivity contribution in [1.29, 1.82) is 0 Å². The van der Waals surface area contributed by atoms with E-state index in [4.69, 9.17) is 14.2 Å². The number of nitrogens with zero attached hydrogens (tertiary/aromatic N) is 1. The molecule has 0 radical (unpaired) electrons. The molecule has 27 heavy (non-hydrogen) atoms. The summed E-state index contributed by atoms with van der Waals surface area (Å²) in [5.74, 6) is 0.258. The van der Waals surface area contributed by atoms with Crippen LogP contribution in [0.1, 0.15) is 36.0 Å². The zero-order valence-electron chi connectivity index (χ0n) is 15.4. The second-order valence-corrected chi connectivity index (χ2v) is 7.49. The molecule has 7 nitrogen and oxygen atoms in total. The fourth-order valence-corrected chi connectivity index (χ4v) is 3.98. The molecule has 0 bridgehead atoms. The Balaban J connectivity index is 1.49. The van der Waals surface area contributed by atoms with Crippen LogP contribution in [0, 0.1) is 0 Å². The lowest BCUT2D eigenvalue weighted by Gasteiger charge is -2.38. The molecule has 4 rings (SSSR count). The van der Waals surface area contributed by atoms with E-state index in [2.05, 4.69) is 5.32 Å². The van der Waals surface area contributed by atoms with Gasteiger partial charge >= 0.3 is 0 Å². The summed E-state index contributed by atoms with van der Waals surface area (Å²) < 4.78 is 17.3. The summed E-state index contributed by atoms with van der Waals surface area (Å²) in [7, 11) is 0. The Morgan fingerprint density at radius 3 is 2.81 bits per heavy atom. The zero-order chi connectivity index (χ0) is 18.7. The third-order valence-electron chi connectivity index (χ3n) is 5.50. The molecule has 1 atom stereocenters. The van der Waals surface area contributed by atoms with Crippen LogP contribution in [0.25, 0.3) is 0 Å². The average molecular weight is 374 g/mol. The van der Waals surface area contributed by atoms with Gasteiger partial charge in [0.05, 0.1) is 38.0 Å². The first-order chi connectivity index (χ1) is 13.2. The minimum Gasteiger partial charge on any atom is -0.484 e. The van der Waals surface area contributed by atoms with Crippen molar-refractivity contribution in [2.75, 3.05) is 39.5 Å². The van der Waals surface area contributed by atoms with Crippen LogP contribution in [0.15, 0.2) is 24.3 Å². The zero-order valence-corrected chi connectivity index (χ0v) is 15.4. The minimum absolute atomic E-state index is 0.0197. The number of fused-ring (bicyclic) bond motifs is 1. The average Bonchev–Trinajstić information content (AvgIpc) is 3.17. The number of rotatable bonds is 4. The van der Waals surface area contributed by atoms with Crippen molar-refractivity contribution in [3.63, 3.8) is 0 Å². The van der Waals surface area contributed by atoms with Crippen molar-refractivity contribution in [2.45, 2.75) is 37.4 Å². The van der Waals surface area contributed by atoms with Gasteiger partial charge in [0.25, 0.3) is 5.91 Å². The Kier molecular flexibility index (Phi) is 5.31. The molecule has 0 aromatic heterocycles. The first-order valence-corrected chi connectivity index (χ1v) is 9.69. The van der Waals surface area contributed by atoms with Crippen molar-refractivity contribution >= 4 is 11.8 Å². The van der Waals surface area contributed by atoms with E-state index in [1.54, 1.807) is 11.0 Å². The highest BCUT2D eigenvalue weighted by molar-refractivity contribution is 5.99. The van der Waals surface area contributed by atoms with Crippen LogP contribution < -0.4 is 10.1 Å². The molecule has 1 aromatic carbocycles. The molecule has 2 fully saturated rings. The number of hydrogen-bond donors (Lipinski definition) is 1. The van der Waals surface area contributed by atoms with Crippen molar-refractivity contribution < 1.29 is 23.8 Å². The molecule has 0 unspecified atom stereocenters. The van der Waals surface area contributed by atoms with Gasteiger partial charge in [0.2, 0.25) is 5.91 Å². The predicted octanol–water partition coefficient (Wildman–Crippen LogP) is 1.37. The topological polar surface area (TPSA) is 77.1 Å². The van der Waals surface area contributed by atoms with Crippen LogP contribution in [0.4, 0.5) is 0 Å². The van der Waals surface area contributed by atoms with Gasteiger partial charge in [-0.25, -0.2) is 0 Å². The van der Waals surface area contributed by atoms with Gasteiger partial charge in [-0.2, -0.15) is 0 Å². The third-order valence-corrected chi connectivity index (χ3v) is 5.50. The van der Waals surface area contributed by atoms with Crippen molar-refractivity contribution in [3.8, 4) is 5.75 Å². The summed E-state index contributed by atoms with van der Waals surface area (Å²) in [6, 6.07) is 7.26. The van der Waals surface area contributed by atoms with Crippen LogP contribution in [-0.2, 0) is 14.3 Å². The Hall–Kier alpha value is -2.12. The Morgan fingerprint density at radius 2 is 2.04 bits per heavy atom. The molecule has 3 aliphatic rings. The first-order valence-electron chi connectivity index (χ1n) is 9.69. The third kappa shape index (κ3) is 4.09. The maximum absolute atomic E-state index is 13.1. The maximum Gasteiger partial charge on any atom is 0.258 e. The maximum atomic E-state index is 13.1. The molecule has 1 aromatic rings. The fourth-order valence-electron chi connectivity index (χ4n) is 3.98. The van der Waals surface area contributed by atoms with Crippen molar-refractivity contribution in [1.82, 2.24) is 10.2 Å². The van der Waals surface area contributed by atoms with E-state index in [0.717, 1.165) is 19.4 Å². The number of carbonyl (C=O) groups is 2. The molecular weight excluding hydrogens is 348 g/mol. The molecule has 3 aliphatic heterocycles. The first kappa shape index (κ1) is 18.3. The van der Waals surface area contributed by atoms with Gasteiger partial charge < -0.3 is 24.4 Å². The van der Waals surface area contributed by atoms with E-state index in [1.807, 2.05) is 18.2 Å². The van der Waals surface area contributed by atoms with E-state index < -0.39 is 5.60 Å². The SMILES string of the molecule is O=C(CN1CC2(CCOCC2)Oc2ccccc2C1=O)NC[C@@H]1CCCO1. The minimum atomic E-state index is -0.505. The van der Waals surface area contributed by atoms with E-state index in [-0.39, 0.29) is 24.5 Å². The molecule has 146 valence electrons. The largest absolute Gasteiger partial charge is 0.484 e. The van der Waals surface area contributed by atoms with Gasteiger partial charge in [0, 0.05) is 26.0 Å². The number of ether oxygens (including phenoxy) is 3. The van der Waals surface area contributed by atoms with Crippen LogP contribution >= 0.6 is 0 Å². The van der Waals surface area contributed by atoms with Gasteiger partial charge in [0.15, 0.2) is 0 Å². The number of amides is 2. The molecule has 2 saturated heterocycles. The van der Waals surface area contributed by atoms with E-state index in [0.29, 0.717) is 50.5 Å². The summed E-state index contributed by atoms with van der Waals surface area (Å²) in [4.78, 5) is 27.2. The van der Waals surface area contributed by atoms with E-state index in [1.165, 1.54) is 0 Å². The summed E-state index contributed by atoms with van der Waals surface area (Å²) in [6.07, 6.45) is 3.47. The lowest BCUT2D eigenvalue weighted by atomic mass is 9.93. The van der Waals surface area contributed by atoms with Crippen molar-refractivity contribution in [2.24, 2.45) is 0 Å². The van der Waals surface area contributed by atoms with Crippen LogP contribution in [0.2, 0.25) is 0 Å². The summed E-state index contributed by atoms with van der Waals surface area (Å²) in [5, 5.41) is 2.90. The molecule has 2 amide bonds. The standard InChI is InChI=1S/C20H26N2O5/c23-18(21-12-15-4-3-9-26-15)13-22-14-20(7-10-25-11-8-20)27-17-6-2-1-5-16(17)19(22)24/h1-2,5-6,15H,3-4,7-14H2,(H,21,23)/t15-/m0/s1. The normalized spacial score (nSPS) is 24.2. The Morgan fingerprint density at radius 1 is 1.22 bits per heavy atom. The number of benzene rings is 1. The lowest BCUT2D eigenvalue weighted by Crippen LogP contribution is -2.52. The smallest absolute Gasteiger partial charge is 0.258 e. The van der Waals surface area contributed by atoms with Crippen molar-refractivity contribution in [3.05, 3.63) is 29.8 Å². The van der Waals surface area contributed by atoms with Crippen LogP contribution in [-0.4, -0.2) is 67.9 Å². The Bertz CT molecular complexity index is 695. The van der Waals surface area contributed by atoms with E-state index >= 15 is 0 Å². The summed E-state index contributed by atoms with van der Waals surface area (Å²) in [5.41, 5.74) is 0.00261. The monoisotopic (exact) mass is 374 g/mol. The van der Waals surface area contributed by atoms with Gasteiger partial charge in [-0.15, -0.1) is 0 Å². The highest BCUT2D eigenvalue weighted by Gasteiger charge is 2.42. The van der Waals surface area contributed by atoms with Gasteiger partial charge in [0.1, 0.15) is 11.4 Å². The Labute approximate surface area is 158 Å². The van der Waals surface area contributed by atoms with Gasteiger partial charge in [-0.1, -0.05) is 12.1 Å². The fraction of sp³-hybridized carbons (Fsp3) is 0.600. The number of carbonyl (C=O) groups excluding carboxylic acids is 2. The molecule has 7 heteroatoms. The van der Waals surface area contributed by atoms with Gasteiger partial charge in [-0.05, 0) is 25.0 Å². The summed E-state index contributed by atoms with van der Waals surface area (Å²) >= 11 is 0. The van der Waals surface area contributed by atoms with Crippen LogP contribution in [0.5, 0.6) is 5.75 Å². The second kappa shape index (κ2) is 7.86. The quantitative estimate of drug-likeness (QED) is 0.861. The highest BCUT2D eigenvalue weighted by Crippen LogP contribution is 2.34. The molecule has 1 spiro atoms. The molecule has 0 aliphatic carbocycles. The molecular formula is C20H26N2O5. The summed E-state index contributed by atoms with van der Waals surface area (Å²) in [6.45, 7) is 2.84. The van der Waals surface area contributed by atoms with E-state index in [9.17, 15) is 9.59 Å². The molecule has 1 N–H and O–H groups in total. The lowest BCUT2D eigenvalue weighted by molar-refractivity contribution is -0.123. The number of para-hydroxylation sites is 1. The number of hydrogen-bond acceptors (Lipinski definition) is 5.